The quantitative estimate of drug-likeness (QED) is 0.670. The molecule has 0 aromatic heterocycles. The molecule has 4 nitrogen and oxygen atoms in total. The van der Waals surface area contributed by atoms with Crippen molar-refractivity contribution in [3.05, 3.63) is 60.2 Å². The first-order valence-corrected chi connectivity index (χ1v) is 6.36. The van der Waals surface area contributed by atoms with Gasteiger partial charge in [0.2, 0.25) is 0 Å². The van der Waals surface area contributed by atoms with E-state index in [1.807, 2.05) is 6.07 Å². The number of carboxylic acids is 1. The van der Waals surface area contributed by atoms with Crippen LogP contribution in [0.5, 0.6) is 11.5 Å². The molecular weight excluding hydrogens is 268 g/mol. The third-order valence-corrected chi connectivity index (χ3v) is 3.44. The summed E-state index contributed by atoms with van der Waals surface area (Å²) in [4.78, 5) is 11.3. The Balaban J connectivity index is 2.51. The van der Waals surface area contributed by atoms with Crippen molar-refractivity contribution in [2.75, 3.05) is 0 Å². The Kier molecular flexibility index (Phi) is 2.99. The highest BCUT2D eigenvalue weighted by Gasteiger charge is 2.23. The zero-order valence-corrected chi connectivity index (χ0v) is 10.9. The van der Waals surface area contributed by atoms with Gasteiger partial charge in [-0.3, -0.25) is 0 Å². The Morgan fingerprint density at radius 1 is 0.762 bits per heavy atom. The van der Waals surface area contributed by atoms with Crippen LogP contribution >= 0.6 is 0 Å². The fourth-order valence-electron chi connectivity index (χ4n) is 2.51. The lowest BCUT2D eigenvalue weighted by atomic mass is 9.93. The van der Waals surface area contributed by atoms with E-state index in [1.165, 1.54) is 0 Å². The van der Waals surface area contributed by atoms with Gasteiger partial charge < -0.3 is 15.3 Å². The van der Waals surface area contributed by atoms with Crippen LogP contribution in [0.1, 0.15) is 10.4 Å². The highest BCUT2D eigenvalue weighted by molar-refractivity contribution is 6.11. The molecule has 0 spiro atoms. The highest BCUT2D eigenvalue weighted by atomic mass is 16.4. The average molecular weight is 280 g/mol. The normalized spacial score (nSPS) is 10.7. The van der Waals surface area contributed by atoms with Crippen molar-refractivity contribution >= 4 is 16.7 Å². The first-order chi connectivity index (χ1) is 10.1. The van der Waals surface area contributed by atoms with Crippen molar-refractivity contribution in [1.82, 2.24) is 0 Å². The highest BCUT2D eigenvalue weighted by Crippen LogP contribution is 2.44. The number of aromatic carboxylic acids is 1. The van der Waals surface area contributed by atoms with Crippen molar-refractivity contribution in [1.29, 1.82) is 0 Å². The molecule has 0 radical (unpaired) electrons. The Hall–Kier alpha value is -3.01. The molecule has 0 aliphatic rings. The Bertz CT molecular complexity index is 838. The third-order valence-electron chi connectivity index (χ3n) is 3.44. The van der Waals surface area contributed by atoms with Crippen LogP contribution in [0, 0.1) is 0 Å². The van der Waals surface area contributed by atoms with Gasteiger partial charge in [0.1, 0.15) is 17.1 Å². The van der Waals surface area contributed by atoms with Crippen molar-refractivity contribution in [2.24, 2.45) is 0 Å². The van der Waals surface area contributed by atoms with E-state index in [-0.39, 0.29) is 0 Å². The van der Waals surface area contributed by atoms with E-state index in [0.717, 1.165) is 0 Å². The van der Waals surface area contributed by atoms with Crippen molar-refractivity contribution < 1.29 is 20.1 Å². The smallest absolute Gasteiger partial charge is 0.343 e. The molecule has 3 aromatic carbocycles. The molecule has 21 heavy (non-hydrogen) atoms. The summed E-state index contributed by atoms with van der Waals surface area (Å²) in [5.74, 6) is -2.21. The van der Waals surface area contributed by atoms with E-state index in [0.29, 0.717) is 21.9 Å². The molecule has 0 aliphatic heterocycles. The maximum Gasteiger partial charge on any atom is 0.343 e. The number of benzene rings is 3. The van der Waals surface area contributed by atoms with Crippen molar-refractivity contribution in [2.45, 2.75) is 0 Å². The minimum absolute atomic E-state index is 0.395. The summed E-state index contributed by atoms with van der Waals surface area (Å²) >= 11 is 0. The van der Waals surface area contributed by atoms with Crippen LogP contribution in [0.25, 0.3) is 21.9 Å². The molecule has 0 atom stereocenters. The van der Waals surface area contributed by atoms with Gasteiger partial charge in [0.15, 0.2) is 0 Å². The molecule has 3 rings (SSSR count). The minimum Gasteiger partial charge on any atom is -0.506 e. The molecule has 0 aliphatic carbocycles. The van der Waals surface area contributed by atoms with Gasteiger partial charge >= 0.3 is 5.97 Å². The maximum atomic E-state index is 11.3. The number of carbonyl (C=O) groups is 1. The summed E-state index contributed by atoms with van der Waals surface area (Å²) in [5, 5.41) is 30.7. The molecule has 0 fully saturated rings. The zero-order chi connectivity index (χ0) is 15.0. The number of aromatic hydroxyl groups is 2. The number of carboxylic acid groups (broad SMARTS) is 1. The third kappa shape index (κ3) is 1.97. The van der Waals surface area contributed by atoms with Crippen molar-refractivity contribution in [3.63, 3.8) is 0 Å². The molecule has 3 aromatic rings. The predicted molar refractivity (Wildman–Crippen MR) is 79.7 cm³/mol. The Labute approximate surface area is 120 Å². The zero-order valence-electron chi connectivity index (χ0n) is 10.9. The SMILES string of the molecule is O=C(O)c1c(O)c(-c2ccccc2)c2ccccc2c1O. The number of fused-ring (bicyclic) bond motifs is 1. The van der Waals surface area contributed by atoms with Gasteiger partial charge in [0.05, 0.1) is 0 Å². The lowest BCUT2D eigenvalue weighted by Crippen LogP contribution is -2.00. The van der Waals surface area contributed by atoms with Crippen LogP contribution in [-0.2, 0) is 0 Å². The van der Waals surface area contributed by atoms with Gasteiger partial charge in [-0.15, -0.1) is 0 Å². The van der Waals surface area contributed by atoms with E-state index >= 15 is 0 Å². The van der Waals surface area contributed by atoms with Gasteiger partial charge in [0, 0.05) is 10.9 Å². The molecule has 0 saturated carbocycles. The number of rotatable bonds is 2. The molecule has 0 unspecified atom stereocenters. The van der Waals surface area contributed by atoms with Gasteiger partial charge in [-0.1, -0.05) is 54.6 Å². The lowest BCUT2D eigenvalue weighted by Gasteiger charge is -2.14. The fourth-order valence-corrected chi connectivity index (χ4v) is 2.51. The monoisotopic (exact) mass is 280 g/mol. The Morgan fingerprint density at radius 2 is 1.33 bits per heavy atom. The van der Waals surface area contributed by atoms with E-state index in [2.05, 4.69) is 0 Å². The summed E-state index contributed by atoms with van der Waals surface area (Å²) in [7, 11) is 0. The number of hydrogen-bond acceptors (Lipinski definition) is 3. The van der Waals surface area contributed by atoms with Gasteiger partial charge in [-0.2, -0.15) is 0 Å². The van der Waals surface area contributed by atoms with E-state index in [9.17, 15) is 20.1 Å². The van der Waals surface area contributed by atoms with Gasteiger partial charge in [-0.25, -0.2) is 4.79 Å². The van der Waals surface area contributed by atoms with Gasteiger partial charge in [0.25, 0.3) is 0 Å². The van der Waals surface area contributed by atoms with Crippen molar-refractivity contribution in [3.8, 4) is 22.6 Å². The van der Waals surface area contributed by atoms with Crippen LogP contribution in [0.4, 0.5) is 0 Å². The summed E-state index contributed by atoms with van der Waals surface area (Å²) in [6.45, 7) is 0. The minimum atomic E-state index is -1.37. The summed E-state index contributed by atoms with van der Waals surface area (Å²) in [5.41, 5.74) is 0.614. The van der Waals surface area contributed by atoms with Gasteiger partial charge in [-0.05, 0) is 10.9 Å². The summed E-state index contributed by atoms with van der Waals surface area (Å²) < 4.78 is 0. The molecule has 3 N–H and O–H groups in total. The topological polar surface area (TPSA) is 77.8 Å². The van der Waals surface area contributed by atoms with Crippen LogP contribution in [-0.4, -0.2) is 21.3 Å². The average Bonchev–Trinajstić information content (AvgIpc) is 2.48. The first-order valence-electron chi connectivity index (χ1n) is 6.36. The Morgan fingerprint density at radius 3 is 1.95 bits per heavy atom. The molecular formula is C17H12O4. The van der Waals surface area contributed by atoms with Crippen LogP contribution in [0.2, 0.25) is 0 Å². The van der Waals surface area contributed by atoms with E-state index in [4.69, 9.17) is 0 Å². The second-order valence-electron chi connectivity index (χ2n) is 4.66. The van der Waals surface area contributed by atoms with Crippen LogP contribution < -0.4 is 0 Å². The molecule has 0 amide bonds. The summed E-state index contributed by atoms with van der Waals surface area (Å²) in [6, 6.07) is 15.8. The molecule has 0 bridgehead atoms. The second kappa shape index (κ2) is 4.83. The first kappa shape index (κ1) is 13.0. The van der Waals surface area contributed by atoms with E-state index in [1.54, 1.807) is 48.5 Å². The fraction of sp³-hybridized carbons (Fsp3) is 0. The number of phenols is 2. The maximum absolute atomic E-state index is 11.3. The molecule has 4 heteroatoms. The standard InChI is InChI=1S/C17H12O4/c18-15-12-9-5-4-8-11(12)13(10-6-2-1-3-7-10)16(19)14(15)17(20)21/h1-9,18-19H,(H,20,21). The summed E-state index contributed by atoms with van der Waals surface area (Å²) in [6.07, 6.45) is 0. The largest absolute Gasteiger partial charge is 0.506 e. The number of hydrogen-bond donors (Lipinski definition) is 3. The van der Waals surface area contributed by atoms with Crippen LogP contribution in [0.15, 0.2) is 54.6 Å². The molecule has 0 saturated heterocycles. The van der Waals surface area contributed by atoms with E-state index < -0.39 is 23.0 Å². The second-order valence-corrected chi connectivity index (χ2v) is 4.66. The lowest BCUT2D eigenvalue weighted by molar-refractivity contribution is 0.0691. The molecule has 0 heterocycles. The molecule has 104 valence electrons. The van der Waals surface area contributed by atoms with Crippen LogP contribution in [0.3, 0.4) is 0 Å². The predicted octanol–water partition coefficient (Wildman–Crippen LogP) is 3.62.